The first-order valence-electron chi connectivity index (χ1n) is 5.95. The fraction of sp³-hybridized carbons (Fsp3) is 0.462. The number of nitrogen functional groups attached to an aromatic ring is 1. The van der Waals surface area contributed by atoms with Gasteiger partial charge in [0.05, 0.1) is 15.5 Å². The van der Waals surface area contributed by atoms with E-state index in [1.807, 2.05) is 4.57 Å². The molecule has 0 spiro atoms. The van der Waals surface area contributed by atoms with Gasteiger partial charge in [0.2, 0.25) is 5.95 Å². The van der Waals surface area contributed by atoms with Crippen LogP contribution in [-0.4, -0.2) is 9.55 Å². The molecule has 2 aromatic rings. The van der Waals surface area contributed by atoms with Crippen molar-refractivity contribution in [2.45, 2.75) is 33.7 Å². The Bertz CT molecular complexity index is 589. The minimum absolute atomic E-state index is 0.102. The van der Waals surface area contributed by atoms with E-state index in [-0.39, 0.29) is 11.2 Å². The highest BCUT2D eigenvalue weighted by atomic mass is 79.9. The van der Waals surface area contributed by atoms with Gasteiger partial charge in [-0.05, 0) is 33.8 Å². The first kappa shape index (κ1) is 13.3. The highest BCUT2D eigenvalue weighted by Gasteiger charge is 2.20. The number of fused-ring (bicyclic) bond motifs is 1. The first-order valence-corrected chi connectivity index (χ1v) is 6.74. The molecule has 5 heteroatoms. The Balaban J connectivity index is 2.57. The van der Waals surface area contributed by atoms with Crippen molar-refractivity contribution in [3.05, 3.63) is 22.4 Å². The predicted octanol–water partition coefficient (Wildman–Crippen LogP) is 3.96. The largest absolute Gasteiger partial charge is 0.369 e. The molecular formula is C13H17BrFN3. The number of nitrogens with two attached hydrogens (primary N) is 1. The van der Waals surface area contributed by atoms with E-state index in [2.05, 4.69) is 41.7 Å². The van der Waals surface area contributed by atoms with E-state index in [9.17, 15) is 4.39 Å². The minimum atomic E-state index is -0.294. The predicted molar refractivity (Wildman–Crippen MR) is 75.9 cm³/mol. The van der Waals surface area contributed by atoms with Gasteiger partial charge in [0.1, 0.15) is 5.82 Å². The van der Waals surface area contributed by atoms with Crippen molar-refractivity contribution in [3.63, 3.8) is 0 Å². The van der Waals surface area contributed by atoms with Crippen LogP contribution in [0.5, 0.6) is 0 Å². The van der Waals surface area contributed by atoms with Gasteiger partial charge in [-0.2, -0.15) is 0 Å². The lowest BCUT2D eigenvalue weighted by atomic mass is 9.90. The molecule has 0 saturated carbocycles. The molecule has 0 aliphatic rings. The lowest BCUT2D eigenvalue weighted by Crippen LogP contribution is -2.19. The molecule has 0 aliphatic carbocycles. The Morgan fingerprint density at radius 1 is 1.44 bits per heavy atom. The molecule has 0 bridgehead atoms. The molecule has 0 amide bonds. The Kier molecular flexibility index (Phi) is 3.36. The van der Waals surface area contributed by atoms with Crippen LogP contribution in [0, 0.1) is 11.2 Å². The number of anilines is 1. The summed E-state index contributed by atoms with van der Waals surface area (Å²) in [6.07, 6.45) is 1.02. The Morgan fingerprint density at radius 2 is 2.11 bits per heavy atom. The monoisotopic (exact) mass is 313 g/mol. The average Bonchev–Trinajstić information content (AvgIpc) is 2.57. The standard InChI is InChI=1S/C13H17BrFN3/c1-4-13(2,3)7-18-11-6-9(15)8(14)5-10(11)17-12(18)16/h5-6H,4,7H2,1-3H3,(H2,16,17). The topological polar surface area (TPSA) is 43.8 Å². The Labute approximate surface area is 114 Å². The Morgan fingerprint density at radius 3 is 2.72 bits per heavy atom. The molecule has 1 aromatic heterocycles. The van der Waals surface area contributed by atoms with Gasteiger partial charge >= 0.3 is 0 Å². The molecule has 2 rings (SSSR count). The molecule has 0 saturated heterocycles. The van der Waals surface area contributed by atoms with Crippen molar-refractivity contribution in [1.82, 2.24) is 9.55 Å². The van der Waals surface area contributed by atoms with Crippen LogP contribution in [0.15, 0.2) is 16.6 Å². The van der Waals surface area contributed by atoms with Gasteiger partial charge in [0.25, 0.3) is 0 Å². The molecule has 0 aliphatic heterocycles. The minimum Gasteiger partial charge on any atom is -0.369 e. The molecule has 1 heterocycles. The third-order valence-electron chi connectivity index (χ3n) is 3.36. The number of rotatable bonds is 3. The van der Waals surface area contributed by atoms with Crippen LogP contribution in [0.3, 0.4) is 0 Å². The number of halogens is 2. The van der Waals surface area contributed by atoms with E-state index >= 15 is 0 Å². The molecule has 3 nitrogen and oxygen atoms in total. The van der Waals surface area contributed by atoms with E-state index in [0.29, 0.717) is 15.9 Å². The second kappa shape index (κ2) is 4.53. The number of benzene rings is 1. The lowest BCUT2D eigenvalue weighted by molar-refractivity contribution is 0.300. The maximum atomic E-state index is 13.6. The summed E-state index contributed by atoms with van der Waals surface area (Å²) in [7, 11) is 0. The molecule has 98 valence electrons. The molecule has 18 heavy (non-hydrogen) atoms. The van der Waals surface area contributed by atoms with E-state index in [4.69, 9.17) is 5.73 Å². The van der Waals surface area contributed by atoms with Gasteiger partial charge in [-0.3, -0.25) is 0 Å². The second-order valence-electron chi connectivity index (χ2n) is 5.33. The summed E-state index contributed by atoms with van der Waals surface area (Å²) in [6, 6.07) is 3.14. The van der Waals surface area contributed by atoms with Crippen molar-refractivity contribution in [3.8, 4) is 0 Å². The van der Waals surface area contributed by atoms with Gasteiger partial charge in [-0.1, -0.05) is 20.8 Å². The molecule has 1 aromatic carbocycles. The maximum Gasteiger partial charge on any atom is 0.201 e. The average molecular weight is 314 g/mol. The summed E-state index contributed by atoms with van der Waals surface area (Å²) >= 11 is 3.16. The van der Waals surface area contributed by atoms with Crippen molar-refractivity contribution in [1.29, 1.82) is 0 Å². The van der Waals surface area contributed by atoms with Crippen LogP contribution >= 0.6 is 15.9 Å². The van der Waals surface area contributed by atoms with Crippen LogP contribution in [0.1, 0.15) is 27.2 Å². The molecule has 0 atom stereocenters. The fourth-order valence-electron chi connectivity index (χ4n) is 1.84. The van der Waals surface area contributed by atoms with E-state index in [1.54, 1.807) is 6.07 Å². The van der Waals surface area contributed by atoms with Crippen LogP contribution < -0.4 is 5.73 Å². The third kappa shape index (κ3) is 2.36. The molecule has 2 N–H and O–H groups in total. The van der Waals surface area contributed by atoms with Gasteiger partial charge in [0, 0.05) is 12.6 Å². The molecular weight excluding hydrogens is 297 g/mol. The summed E-state index contributed by atoms with van der Waals surface area (Å²) < 4.78 is 15.9. The summed E-state index contributed by atoms with van der Waals surface area (Å²) in [4.78, 5) is 4.28. The SMILES string of the molecule is CCC(C)(C)Cn1c(N)nc2cc(Br)c(F)cc21. The van der Waals surface area contributed by atoms with Gasteiger partial charge in [-0.15, -0.1) is 0 Å². The van der Waals surface area contributed by atoms with Gasteiger partial charge in [0.15, 0.2) is 0 Å². The lowest BCUT2D eigenvalue weighted by Gasteiger charge is -2.24. The van der Waals surface area contributed by atoms with Crippen molar-refractivity contribution in [2.75, 3.05) is 5.73 Å². The van der Waals surface area contributed by atoms with Crippen LogP contribution in [-0.2, 0) is 6.54 Å². The van der Waals surface area contributed by atoms with Crippen LogP contribution in [0.4, 0.5) is 10.3 Å². The second-order valence-corrected chi connectivity index (χ2v) is 6.18. The third-order valence-corrected chi connectivity index (χ3v) is 3.97. The molecule has 0 radical (unpaired) electrons. The number of aromatic nitrogens is 2. The summed E-state index contributed by atoms with van der Waals surface area (Å²) in [5.41, 5.74) is 7.49. The van der Waals surface area contributed by atoms with Crippen molar-refractivity contribution < 1.29 is 4.39 Å². The van der Waals surface area contributed by atoms with Crippen LogP contribution in [0.2, 0.25) is 0 Å². The van der Waals surface area contributed by atoms with E-state index < -0.39 is 0 Å². The summed E-state index contributed by atoms with van der Waals surface area (Å²) in [5.74, 6) is 0.141. The van der Waals surface area contributed by atoms with Gasteiger partial charge in [-0.25, -0.2) is 9.37 Å². The molecule has 0 fully saturated rings. The van der Waals surface area contributed by atoms with E-state index in [1.165, 1.54) is 6.07 Å². The quantitative estimate of drug-likeness (QED) is 0.932. The van der Waals surface area contributed by atoms with Crippen molar-refractivity contribution >= 4 is 32.9 Å². The first-order chi connectivity index (χ1) is 8.34. The summed E-state index contributed by atoms with van der Waals surface area (Å²) in [6.45, 7) is 7.18. The number of nitrogens with zero attached hydrogens (tertiary/aromatic N) is 2. The molecule has 0 unspecified atom stereocenters. The number of hydrogen-bond donors (Lipinski definition) is 1. The number of imidazole rings is 1. The maximum absolute atomic E-state index is 13.6. The van der Waals surface area contributed by atoms with Gasteiger partial charge < -0.3 is 10.3 Å². The van der Waals surface area contributed by atoms with Crippen LogP contribution in [0.25, 0.3) is 11.0 Å². The summed E-state index contributed by atoms with van der Waals surface area (Å²) in [5, 5.41) is 0. The normalized spacial score (nSPS) is 12.3. The zero-order chi connectivity index (χ0) is 13.5. The smallest absolute Gasteiger partial charge is 0.201 e. The highest BCUT2D eigenvalue weighted by molar-refractivity contribution is 9.10. The fourth-order valence-corrected chi connectivity index (χ4v) is 2.18. The zero-order valence-electron chi connectivity index (χ0n) is 10.8. The Hall–Kier alpha value is -1.10. The highest BCUT2D eigenvalue weighted by Crippen LogP contribution is 2.29. The zero-order valence-corrected chi connectivity index (χ0v) is 12.4. The van der Waals surface area contributed by atoms with E-state index in [0.717, 1.165) is 18.5 Å². The number of hydrogen-bond acceptors (Lipinski definition) is 2. The van der Waals surface area contributed by atoms with Crippen molar-refractivity contribution in [2.24, 2.45) is 5.41 Å².